The van der Waals surface area contributed by atoms with Crippen LogP contribution in [0.4, 0.5) is 19.1 Å². The zero-order valence-electron chi connectivity index (χ0n) is 14.1. The second kappa shape index (κ2) is 7.12. The van der Waals surface area contributed by atoms with Crippen LogP contribution < -0.4 is 5.32 Å². The van der Waals surface area contributed by atoms with Gasteiger partial charge in [-0.1, -0.05) is 23.7 Å². The first-order valence-electron chi connectivity index (χ1n) is 8.20. The normalized spacial score (nSPS) is 16.1. The van der Waals surface area contributed by atoms with E-state index in [-0.39, 0.29) is 17.1 Å². The summed E-state index contributed by atoms with van der Waals surface area (Å²) in [4.78, 5) is 17.1. The fourth-order valence-corrected chi connectivity index (χ4v) is 3.24. The van der Waals surface area contributed by atoms with E-state index in [1.807, 2.05) is 0 Å². The number of allylic oxidation sites excluding steroid dienone is 2. The molecule has 0 fully saturated rings. The molecule has 1 atom stereocenters. The van der Waals surface area contributed by atoms with Crippen molar-refractivity contribution in [2.75, 3.05) is 5.32 Å². The van der Waals surface area contributed by atoms with Crippen LogP contribution in [0.5, 0.6) is 0 Å². The number of alkyl halides is 2. The summed E-state index contributed by atoms with van der Waals surface area (Å²) in [5.41, 5.74) is -0.142. The van der Waals surface area contributed by atoms with Crippen molar-refractivity contribution in [1.82, 2.24) is 14.8 Å². The van der Waals surface area contributed by atoms with Gasteiger partial charge in [-0.3, -0.25) is 4.79 Å². The van der Waals surface area contributed by atoms with Gasteiger partial charge >= 0.3 is 0 Å². The van der Waals surface area contributed by atoms with Crippen LogP contribution in [0, 0.1) is 5.82 Å². The van der Waals surface area contributed by atoms with Gasteiger partial charge in [-0.25, -0.2) is 17.9 Å². The largest absolute Gasteiger partial charge is 0.323 e. The lowest BCUT2D eigenvalue weighted by Crippen LogP contribution is -2.32. The Hall–Kier alpha value is -3.13. The number of Topliss-reactive ketones (excluding diaryl/α,β-unsaturated/α-hetero) is 1. The summed E-state index contributed by atoms with van der Waals surface area (Å²) < 4.78 is 42.3. The number of nitrogens with zero attached hydrogens (tertiary/aromatic N) is 3. The van der Waals surface area contributed by atoms with E-state index in [1.54, 1.807) is 24.3 Å². The van der Waals surface area contributed by atoms with Crippen molar-refractivity contribution in [2.45, 2.75) is 12.5 Å². The van der Waals surface area contributed by atoms with E-state index in [0.29, 0.717) is 10.6 Å². The van der Waals surface area contributed by atoms with E-state index in [2.05, 4.69) is 15.4 Å². The van der Waals surface area contributed by atoms with Crippen LogP contribution in [0.15, 0.2) is 66.1 Å². The lowest BCUT2D eigenvalue weighted by atomic mass is 9.89. The Balaban J connectivity index is 1.92. The van der Waals surface area contributed by atoms with Crippen molar-refractivity contribution in [3.63, 3.8) is 0 Å². The monoisotopic (exact) mass is 404 g/mol. The Morgan fingerprint density at radius 2 is 1.79 bits per heavy atom. The summed E-state index contributed by atoms with van der Waals surface area (Å²) in [5, 5.41) is 7.05. The van der Waals surface area contributed by atoms with Crippen molar-refractivity contribution < 1.29 is 18.0 Å². The first-order chi connectivity index (χ1) is 13.5. The highest BCUT2D eigenvalue weighted by molar-refractivity contribution is 6.30. The van der Waals surface area contributed by atoms with Crippen molar-refractivity contribution in [3.05, 3.63) is 88.1 Å². The molecule has 142 valence electrons. The van der Waals surface area contributed by atoms with Crippen molar-refractivity contribution in [1.29, 1.82) is 0 Å². The van der Waals surface area contributed by atoms with Crippen molar-refractivity contribution in [2.24, 2.45) is 0 Å². The third-order valence-electron chi connectivity index (χ3n) is 4.38. The summed E-state index contributed by atoms with van der Waals surface area (Å²) in [6.45, 7) is 0. The number of hydrogen-bond acceptors (Lipinski definition) is 4. The van der Waals surface area contributed by atoms with Gasteiger partial charge in [0.15, 0.2) is 5.78 Å². The van der Waals surface area contributed by atoms with E-state index in [1.165, 1.54) is 23.1 Å². The maximum absolute atomic E-state index is 13.9. The SMILES string of the molecule is O=C(C1=C(C(F)F)Nc2ncnn2[C@@H]1c1ccc(Cl)cc1)c1ccc(F)cc1. The fraction of sp³-hybridized carbons (Fsp3) is 0.105. The molecule has 1 aliphatic heterocycles. The number of rotatable bonds is 4. The van der Waals surface area contributed by atoms with E-state index < -0.39 is 29.8 Å². The molecule has 0 amide bonds. The lowest BCUT2D eigenvalue weighted by Gasteiger charge is -2.29. The maximum atomic E-state index is 13.9. The van der Waals surface area contributed by atoms with Crippen molar-refractivity contribution >= 4 is 23.3 Å². The van der Waals surface area contributed by atoms with Crippen LogP contribution in [0.3, 0.4) is 0 Å². The average molecular weight is 405 g/mol. The Bertz CT molecular complexity index is 1060. The van der Waals surface area contributed by atoms with Crippen LogP contribution in [0.2, 0.25) is 5.02 Å². The molecule has 0 aliphatic carbocycles. The molecule has 0 saturated heterocycles. The molecular formula is C19H12ClF3N4O. The smallest absolute Gasteiger partial charge is 0.278 e. The van der Waals surface area contributed by atoms with Gasteiger partial charge < -0.3 is 5.32 Å². The van der Waals surface area contributed by atoms with Gasteiger partial charge in [0, 0.05) is 10.6 Å². The summed E-state index contributed by atoms with van der Waals surface area (Å²) in [7, 11) is 0. The van der Waals surface area contributed by atoms with E-state index >= 15 is 0 Å². The van der Waals surface area contributed by atoms with Gasteiger partial charge in [-0.05, 0) is 42.0 Å². The minimum Gasteiger partial charge on any atom is -0.323 e. The predicted molar refractivity (Wildman–Crippen MR) is 97.0 cm³/mol. The number of aromatic nitrogens is 3. The van der Waals surface area contributed by atoms with Crippen LogP contribution in [0.1, 0.15) is 22.0 Å². The summed E-state index contributed by atoms with van der Waals surface area (Å²) >= 11 is 5.94. The number of anilines is 1. The Morgan fingerprint density at radius 1 is 1.11 bits per heavy atom. The van der Waals surface area contributed by atoms with Crippen molar-refractivity contribution in [3.8, 4) is 0 Å². The number of benzene rings is 2. The van der Waals surface area contributed by atoms with Crippen LogP contribution in [-0.4, -0.2) is 27.0 Å². The van der Waals surface area contributed by atoms with Gasteiger partial charge in [0.2, 0.25) is 5.95 Å². The molecular weight excluding hydrogens is 393 g/mol. The fourth-order valence-electron chi connectivity index (χ4n) is 3.11. The highest BCUT2D eigenvalue weighted by Crippen LogP contribution is 2.38. The molecule has 2 heterocycles. The highest BCUT2D eigenvalue weighted by Gasteiger charge is 2.37. The number of fused-ring (bicyclic) bond motifs is 1. The number of hydrogen-bond donors (Lipinski definition) is 1. The molecule has 1 aliphatic rings. The maximum Gasteiger partial charge on any atom is 0.278 e. The number of halogens is 4. The third-order valence-corrected chi connectivity index (χ3v) is 4.63. The molecule has 0 spiro atoms. The van der Waals surface area contributed by atoms with E-state index in [0.717, 1.165) is 12.1 Å². The Labute approximate surface area is 162 Å². The topological polar surface area (TPSA) is 59.8 Å². The van der Waals surface area contributed by atoms with E-state index in [4.69, 9.17) is 11.6 Å². The van der Waals surface area contributed by atoms with E-state index in [9.17, 15) is 18.0 Å². The van der Waals surface area contributed by atoms with Gasteiger partial charge in [0.25, 0.3) is 6.43 Å². The molecule has 1 N–H and O–H groups in total. The minimum atomic E-state index is -2.96. The third kappa shape index (κ3) is 3.16. The second-order valence-corrected chi connectivity index (χ2v) is 6.51. The average Bonchev–Trinajstić information content (AvgIpc) is 3.15. The van der Waals surface area contributed by atoms with Gasteiger partial charge in [0.05, 0.1) is 11.3 Å². The molecule has 0 saturated carbocycles. The highest BCUT2D eigenvalue weighted by atomic mass is 35.5. The first kappa shape index (κ1) is 18.2. The summed E-state index contributed by atoms with van der Waals surface area (Å²) in [5.74, 6) is -1.11. The first-order valence-corrected chi connectivity index (χ1v) is 8.58. The quantitative estimate of drug-likeness (QED) is 0.651. The Morgan fingerprint density at radius 3 is 2.43 bits per heavy atom. The molecule has 4 rings (SSSR count). The molecule has 5 nitrogen and oxygen atoms in total. The number of carbonyl (C=O) groups excluding carboxylic acids is 1. The zero-order chi connectivity index (χ0) is 19.8. The molecule has 28 heavy (non-hydrogen) atoms. The molecule has 3 aromatic rings. The van der Waals surface area contributed by atoms with Gasteiger partial charge in [-0.2, -0.15) is 10.1 Å². The van der Waals surface area contributed by atoms with Gasteiger partial charge in [-0.15, -0.1) is 0 Å². The lowest BCUT2D eigenvalue weighted by molar-refractivity contribution is 0.101. The standard InChI is InChI=1S/C19H12ClF3N4O/c20-12-5-1-10(2-6-12)16-14(17(28)11-3-7-13(21)8-4-11)15(18(22)23)26-19-24-9-25-27(16)19/h1-9,16,18H,(H,24,25,26)/t16-/m1/s1. The minimum absolute atomic E-state index is 0.0823. The summed E-state index contributed by atoms with van der Waals surface area (Å²) in [6, 6.07) is 10.2. The van der Waals surface area contributed by atoms with Gasteiger partial charge in [0.1, 0.15) is 18.2 Å². The molecule has 9 heteroatoms. The molecule has 1 aromatic heterocycles. The second-order valence-electron chi connectivity index (χ2n) is 6.07. The molecule has 0 unspecified atom stereocenters. The molecule has 0 radical (unpaired) electrons. The molecule has 0 bridgehead atoms. The predicted octanol–water partition coefficient (Wildman–Crippen LogP) is 4.49. The summed E-state index contributed by atoms with van der Waals surface area (Å²) in [6.07, 6.45) is -1.75. The van der Waals surface area contributed by atoms with Crippen LogP contribution in [0.25, 0.3) is 0 Å². The molecule has 2 aromatic carbocycles. The Kier molecular flexibility index (Phi) is 4.64. The number of nitrogens with one attached hydrogen (secondary N) is 1. The number of carbonyl (C=O) groups is 1. The zero-order valence-corrected chi connectivity index (χ0v) is 14.9. The van der Waals surface area contributed by atoms with Crippen LogP contribution in [-0.2, 0) is 0 Å². The number of ketones is 1. The van der Waals surface area contributed by atoms with Crippen LogP contribution >= 0.6 is 11.6 Å².